The van der Waals surface area contributed by atoms with Crippen molar-refractivity contribution in [3.8, 4) is 0 Å². The first-order chi connectivity index (χ1) is 10.9. The lowest BCUT2D eigenvalue weighted by Crippen LogP contribution is -2.49. The molecule has 1 aliphatic heterocycles. The van der Waals surface area contributed by atoms with Gasteiger partial charge >= 0.3 is 0 Å². The van der Waals surface area contributed by atoms with Gasteiger partial charge in [0.25, 0.3) is 0 Å². The van der Waals surface area contributed by atoms with E-state index in [1.807, 2.05) is 6.92 Å². The molecule has 6 heteroatoms. The van der Waals surface area contributed by atoms with Gasteiger partial charge in [-0.25, -0.2) is 4.39 Å². The summed E-state index contributed by atoms with van der Waals surface area (Å²) in [6.07, 6.45) is 1.39. The minimum atomic E-state index is -0.301. The van der Waals surface area contributed by atoms with E-state index in [4.69, 9.17) is 5.73 Å². The van der Waals surface area contributed by atoms with Crippen molar-refractivity contribution in [3.63, 3.8) is 0 Å². The number of likely N-dealkylation sites (N-methyl/N-ethyl adjacent to an activating group) is 1. The van der Waals surface area contributed by atoms with Crippen LogP contribution in [-0.4, -0.2) is 47.8 Å². The summed E-state index contributed by atoms with van der Waals surface area (Å²) < 4.78 is 13.2. The number of hydrogen-bond donors (Lipinski definition) is 1. The summed E-state index contributed by atoms with van der Waals surface area (Å²) in [5.41, 5.74) is 6.10. The third-order valence-electron chi connectivity index (χ3n) is 4.52. The molecule has 0 aliphatic carbocycles. The normalized spacial score (nSPS) is 17.7. The van der Waals surface area contributed by atoms with Crippen LogP contribution in [0.3, 0.4) is 0 Å². The molecule has 1 fully saturated rings. The smallest absolute Gasteiger partial charge is 0.239 e. The van der Waals surface area contributed by atoms with Gasteiger partial charge in [0.2, 0.25) is 11.8 Å². The molecule has 0 unspecified atom stereocenters. The summed E-state index contributed by atoms with van der Waals surface area (Å²) >= 11 is 0. The van der Waals surface area contributed by atoms with Crippen LogP contribution in [0, 0.1) is 11.7 Å². The summed E-state index contributed by atoms with van der Waals surface area (Å²) in [5, 5.41) is 0. The van der Waals surface area contributed by atoms with Crippen LogP contribution in [0.15, 0.2) is 24.3 Å². The molecule has 0 saturated carbocycles. The molecule has 1 aromatic carbocycles. The maximum Gasteiger partial charge on any atom is 0.239 e. The van der Waals surface area contributed by atoms with Crippen LogP contribution in [0.1, 0.15) is 25.3 Å². The topological polar surface area (TPSA) is 66.6 Å². The summed E-state index contributed by atoms with van der Waals surface area (Å²) in [6.45, 7) is 3.62. The highest BCUT2D eigenvalue weighted by Gasteiger charge is 2.30. The van der Waals surface area contributed by atoms with Gasteiger partial charge in [0.1, 0.15) is 5.82 Å². The van der Waals surface area contributed by atoms with Gasteiger partial charge in [-0.1, -0.05) is 12.1 Å². The number of carbonyl (C=O) groups is 2. The molecule has 2 N–H and O–H groups in total. The summed E-state index contributed by atoms with van der Waals surface area (Å²) in [4.78, 5) is 27.4. The largest absolute Gasteiger partial charge is 0.369 e. The molecule has 2 rings (SSSR count). The number of benzene rings is 1. The van der Waals surface area contributed by atoms with E-state index in [2.05, 4.69) is 4.90 Å². The molecule has 0 spiro atoms. The van der Waals surface area contributed by atoms with Crippen LogP contribution in [0.2, 0.25) is 0 Å². The molecule has 0 aromatic heterocycles. The first-order valence-electron chi connectivity index (χ1n) is 7.91. The number of primary amides is 1. The molecular formula is C17H24FN3O2. The highest BCUT2D eigenvalue weighted by Crippen LogP contribution is 2.19. The fourth-order valence-electron chi connectivity index (χ4n) is 3.03. The molecule has 2 amide bonds. The quantitative estimate of drug-likeness (QED) is 0.891. The van der Waals surface area contributed by atoms with Gasteiger partial charge in [0, 0.05) is 19.5 Å². The van der Waals surface area contributed by atoms with Gasteiger partial charge in [0.05, 0.1) is 6.04 Å². The number of rotatable bonds is 5. The Morgan fingerprint density at radius 3 is 2.61 bits per heavy atom. The second kappa shape index (κ2) is 7.55. The zero-order chi connectivity index (χ0) is 17.0. The second-order valence-electron chi connectivity index (χ2n) is 6.21. The predicted molar refractivity (Wildman–Crippen MR) is 85.8 cm³/mol. The molecule has 0 radical (unpaired) electrons. The highest BCUT2D eigenvalue weighted by molar-refractivity contribution is 5.81. The van der Waals surface area contributed by atoms with Crippen LogP contribution in [0.4, 0.5) is 4.39 Å². The Kier molecular flexibility index (Phi) is 5.71. The summed E-state index contributed by atoms with van der Waals surface area (Å²) in [5.74, 6) is -0.651. The van der Waals surface area contributed by atoms with Crippen molar-refractivity contribution in [2.75, 3.05) is 20.1 Å². The zero-order valence-electron chi connectivity index (χ0n) is 13.7. The SMILES string of the molecule is C[C@@H](C(=O)N(C)Cc1cccc(F)c1)N1CCC(C(N)=O)CC1. The van der Waals surface area contributed by atoms with Gasteiger partial charge in [-0.15, -0.1) is 0 Å². The van der Waals surface area contributed by atoms with Crippen LogP contribution < -0.4 is 5.73 Å². The van der Waals surface area contributed by atoms with E-state index in [9.17, 15) is 14.0 Å². The van der Waals surface area contributed by atoms with Crippen molar-refractivity contribution in [3.05, 3.63) is 35.6 Å². The van der Waals surface area contributed by atoms with E-state index in [-0.39, 0.29) is 29.6 Å². The maximum absolute atomic E-state index is 13.2. The Balaban J connectivity index is 1.90. The molecule has 1 heterocycles. The fraction of sp³-hybridized carbons (Fsp3) is 0.529. The third kappa shape index (κ3) is 4.51. The molecular weight excluding hydrogens is 297 g/mol. The number of hydrogen-bond acceptors (Lipinski definition) is 3. The standard InChI is InChI=1S/C17H24FN3O2/c1-12(21-8-6-14(7-9-21)16(19)22)17(23)20(2)11-13-4-3-5-15(18)10-13/h3-5,10,12,14H,6-9,11H2,1-2H3,(H2,19,22)/t12-/m0/s1. The minimum absolute atomic E-state index is 0.00761. The van der Waals surface area contributed by atoms with Crippen LogP contribution in [-0.2, 0) is 16.1 Å². The van der Waals surface area contributed by atoms with Crippen molar-refractivity contribution in [2.45, 2.75) is 32.4 Å². The lowest BCUT2D eigenvalue weighted by atomic mass is 9.95. The lowest BCUT2D eigenvalue weighted by molar-refractivity contribution is -0.136. The van der Waals surface area contributed by atoms with Gasteiger partial charge in [-0.2, -0.15) is 0 Å². The molecule has 0 bridgehead atoms. The van der Waals surface area contributed by atoms with E-state index >= 15 is 0 Å². The molecule has 1 atom stereocenters. The monoisotopic (exact) mass is 321 g/mol. The number of piperidine rings is 1. The number of nitrogens with zero attached hydrogens (tertiary/aromatic N) is 2. The van der Waals surface area contributed by atoms with Crippen molar-refractivity contribution in [1.82, 2.24) is 9.80 Å². The molecule has 5 nitrogen and oxygen atoms in total. The minimum Gasteiger partial charge on any atom is -0.369 e. The molecule has 1 aliphatic rings. The first-order valence-corrected chi connectivity index (χ1v) is 7.91. The van der Waals surface area contributed by atoms with Crippen molar-refractivity contribution in [2.24, 2.45) is 11.7 Å². The summed E-state index contributed by atoms with van der Waals surface area (Å²) in [7, 11) is 1.72. The Morgan fingerprint density at radius 1 is 1.39 bits per heavy atom. The lowest BCUT2D eigenvalue weighted by Gasteiger charge is -2.35. The highest BCUT2D eigenvalue weighted by atomic mass is 19.1. The van der Waals surface area contributed by atoms with Crippen LogP contribution in [0.5, 0.6) is 0 Å². The van der Waals surface area contributed by atoms with E-state index in [0.29, 0.717) is 32.5 Å². The Bertz CT molecular complexity index is 571. The van der Waals surface area contributed by atoms with Gasteiger partial charge in [-0.05, 0) is 50.6 Å². The third-order valence-corrected chi connectivity index (χ3v) is 4.52. The summed E-state index contributed by atoms with van der Waals surface area (Å²) in [6, 6.07) is 6.00. The van der Waals surface area contributed by atoms with Crippen molar-refractivity contribution >= 4 is 11.8 Å². The van der Waals surface area contributed by atoms with E-state index in [1.165, 1.54) is 12.1 Å². The molecule has 1 saturated heterocycles. The number of amides is 2. The van der Waals surface area contributed by atoms with E-state index < -0.39 is 0 Å². The molecule has 23 heavy (non-hydrogen) atoms. The molecule has 1 aromatic rings. The number of likely N-dealkylation sites (tertiary alicyclic amines) is 1. The van der Waals surface area contributed by atoms with Crippen LogP contribution >= 0.6 is 0 Å². The first kappa shape index (κ1) is 17.4. The van der Waals surface area contributed by atoms with Gasteiger partial charge < -0.3 is 10.6 Å². The number of nitrogens with two attached hydrogens (primary N) is 1. The number of halogens is 1. The number of carbonyl (C=O) groups excluding carboxylic acids is 2. The second-order valence-corrected chi connectivity index (χ2v) is 6.21. The fourth-order valence-corrected chi connectivity index (χ4v) is 3.03. The average Bonchev–Trinajstić information content (AvgIpc) is 2.53. The zero-order valence-corrected chi connectivity index (χ0v) is 13.7. The van der Waals surface area contributed by atoms with Crippen molar-refractivity contribution < 1.29 is 14.0 Å². The average molecular weight is 321 g/mol. The van der Waals surface area contributed by atoms with E-state index in [0.717, 1.165) is 5.56 Å². The van der Waals surface area contributed by atoms with Crippen LogP contribution in [0.25, 0.3) is 0 Å². The maximum atomic E-state index is 13.2. The van der Waals surface area contributed by atoms with Crippen molar-refractivity contribution in [1.29, 1.82) is 0 Å². The molecule has 126 valence electrons. The Morgan fingerprint density at radius 2 is 2.04 bits per heavy atom. The van der Waals surface area contributed by atoms with Gasteiger partial charge in [-0.3, -0.25) is 14.5 Å². The van der Waals surface area contributed by atoms with Gasteiger partial charge in [0.15, 0.2) is 0 Å². The predicted octanol–water partition coefficient (Wildman–Crippen LogP) is 1.37. The van der Waals surface area contributed by atoms with E-state index in [1.54, 1.807) is 24.1 Å². The Hall–Kier alpha value is -1.95. The Labute approximate surface area is 136 Å².